The van der Waals surface area contributed by atoms with Gasteiger partial charge in [-0.05, 0) is 23.8 Å². The number of allylic oxidation sites excluding steroid dienone is 2. The summed E-state index contributed by atoms with van der Waals surface area (Å²) in [6.45, 7) is 0. The zero-order chi connectivity index (χ0) is 14.4. The molecule has 1 aromatic rings. The van der Waals surface area contributed by atoms with Gasteiger partial charge in [0.25, 0.3) is 0 Å². The molecule has 1 aromatic carbocycles. The normalized spacial score (nSPS) is 9.84. The Labute approximate surface area is 109 Å². The Hall–Kier alpha value is -3.43. The second kappa shape index (κ2) is 5.77. The Bertz CT molecular complexity index is 681. The summed E-state index contributed by atoms with van der Waals surface area (Å²) >= 11 is 0. The fourth-order valence-corrected chi connectivity index (χ4v) is 1.25. The minimum absolute atomic E-state index is 0.0804. The second-order valence-electron chi connectivity index (χ2n) is 3.43. The summed E-state index contributed by atoms with van der Waals surface area (Å²) < 4.78 is 0. The van der Waals surface area contributed by atoms with Crippen molar-refractivity contribution >= 4 is 6.08 Å². The topological polar surface area (TPSA) is 138 Å². The lowest BCUT2D eigenvalue weighted by Gasteiger charge is -2.01. The Morgan fingerprint density at radius 1 is 1.05 bits per heavy atom. The van der Waals surface area contributed by atoms with Crippen LogP contribution >= 0.6 is 0 Å². The molecule has 6 heteroatoms. The highest BCUT2D eigenvalue weighted by atomic mass is 16.3. The van der Waals surface area contributed by atoms with Crippen LogP contribution < -0.4 is 5.73 Å². The van der Waals surface area contributed by atoms with E-state index in [0.717, 1.165) is 0 Å². The molecular formula is C13H8N4O2. The van der Waals surface area contributed by atoms with E-state index in [2.05, 4.69) is 0 Å². The summed E-state index contributed by atoms with van der Waals surface area (Å²) in [6.07, 6.45) is 1.29. The van der Waals surface area contributed by atoms with Crippen LogP contribution in [0.3, 0.4) is 0 Å². The highest BCUT2D eigenvalue weighted by Crippen LogP contribution is 2.26. The van der Waals surface area contributed by atoms with Crippen molar-refractivity contribution in [2.45, 2.75) is 0 Å². The van der Waals surface area contributed by atoms with E-state index in [4.69, 9.17) is 26.6 Å². The summed E-state index contributed by atoms with van der Waals surface area (Å²) in [7, 11) is 0. The van der Waals surface area contributed by atoms with Crippen molar-refractivity contribution in [3.05, 3.63) is 40.6 Å². The van der Waals surface area contributed by atoms with Crippen LogP contribution in [-0.2, 0) is 0 Å². The van der Waals surface area contributed by atoms with E-state index < -0.39 is 0 Å². The summed E-state index contributed by atoms with van der Waals surface area (Å²) in [5.41, 5.74) is 5.25. The molecule has 0 aliphatic carbocycles. The number of nitrogens with zero attached hydrogens (tertiary/aromatic N) is 3. The molecule has 0 aromatic heterocycles. The first-order valence-corrected chi connectivity index (χ1v) is 4.97. The molecule has 0 amide bonds. The van der Waals surface area contributed by atoms with Gasteiger partial charge >= 0.3 is 0 Å². The molecule has 0 unspecified atom stereocenters. The Kier molecular flexibility index (Phi) is 4.14. The van der Waals surface area contributed by atoms with Gasteiger partial charge < -0.3 is 15.9 Å². The monoisotopic (exact) mass is 252 g/mol. The number of hydrogen-bond acceptors (Lipinski definition) is 6. The first-order valence-electron chi connectivity index (χ1n) is 4.97. The number of phenolic OH excluding ortho intramolecular Hbond substituents is 2. The average molecular weight is 252 g/mol. The molecule has 0 bridgehead atoms. The highest BCUT2D eigenvalue weighted by Gasteiger charge is 2.08. The fraction of sp³-hybridized carbons (Fsp3) is 0. The summed E-state index contributed by atoms with van der Waals surface area (Å²) in [6, 6.07) is 8.84. The molecule has 0 atom stereocenters. The van der Waals surface area contributed by atoms with Gasteiger partial charge in [-0.1, -0.05) is 6.07 Å². The first kappa shape index (κ1) is 13.6. The zero-order valence-corrected chi connectivity index (χ0v) is 9.62. The molecule has 0 heterocycles. The molecule has 0 saturated heterocycles. The van der Waals surface area contributed by atoms with E-state index in [0.29, 0.717) is 5.56 Å². The number of benzene rings is 1. The van der Waals surface area contributed by atoms with E-state index >= 15 is 0 Å². The van der Waals surface area contributed by atoms with Crippen molar-refractivity contribution in [2.24, 2.45) is 5.73 Å². The molecule has 92 valence electrons. The van der Waals surface area contributed by atoms with Crippen LogP contribution in [0.4, 0.5) is 0 Å². The Morgan fingerprint density at radius 3 is 2.16 bits per heavy atom. The number of hydrogen-bond donors (Lipinski definition) is 3. The van der Waals surface area contributed by atoms with E-state index in [1.165, 1.54) is 24.3 Å². The van der Waals surface area contributed by atoms with Crippen LogP contribution in [0.25, 0.3) is 6.08 Å². The molecule has 0 radical (unpaired) electrons. The van der Waals surface area contributed by atoms with Crippen LogP contribution in [0, 0.1) is 34.0 Å². The van der Waals surface area contributed by atoms with Crippen molar-refractivity contribution < 1.29 is 10.2 Å². The third-order valence-electron chi connectivity index (χ3n) is 2.21. The van der Waals surface area contributed by atoms with Crippen LogP contribution in [0.5, 0.6) is 11.5 Å². The molecule has 0 aliphatic rings. The van der Waals surface area contributed by atoms with E-state index in [1.807, 2.05) is 0 Å². The Morgan fingerprint density at radius 2 is 1.68 bits per heavy atom. The fourth-order valence-electron chi connectivity index (χ4n) is 1.25. The number of phenols is 2. The van der Waals surface area contributed by atoms with Crippen LogP contribution in [0.1, 0.15) is 5.56 Å². The van der Waals surface area contributed by atoms with Crippen molar-refractivity contribution in [2.75, 3.05) is 0 Å². The standard InChI is InChI=1S/C13H8N4O2/c14-5-9(13(17)10(6-15)7-16)3-8-1-2-11(18)12(19)4-8/h1-4,18-19H,17H2/b9-3-. The predicted octanol–water partition coefficient (Wildman–Crippen LogP) is 1.26. The summed E-state index contributed by atoms with van der Waals surface area (Å²) in [5, 5.41) is 44.8. The molecule has 4 N–H and O–H groups in total. The number of aromatic hydroxyl groups is 2. The smallest absolute Gasteiger partial charge is 0.157 e. The van der Waals surface area contributed by atoms with Crippen LogP contribution in [0.15, 0.2) is 35.0 Å². The van der Waals surface area contributed by atoms with Gasteiger partial charge in [-0.25, -0.2) is 0 Å². The highest BCUT2D eigenvalue weighted by molar-refractivity contribution is 5.67. The number of nitrogens with two attached hydrogens (primary N) is 1. The summed E-state index contributed by atoms with van der Waals surface area (Å²) in [4.78, 5) is 0. The van der Waals surface area contributed by atoms with Gasteiger partial charge in [0, 0.05) is 0 Å². The number of rotatable bonds is 2. The zero-order valence-electron chi connectivity index (χ0n) is 9.62. The predicted molar refractivity (Wildman–Crippen MR) is 65.8 cm³/mol. The lowest BCUT2D eigenvalue weighted by atomic mass is 10.1. The maximum Gasteiger partial charge on any atom is 0.157 e. The second-order valence-corrected chi connectivity index (χ2v) is 3.43. The lowest BCUT2D eigenvalue weighted by Crippen LogP contribution is -2.03. The maximum absolute atomic E-state index is 9.32. The van der Waals surface area contributed by atoms with Gasteiger partial charge in [0.2, 0.25) is 0 Å². The van der Waals surface area contributed by atoms with Crippen molar-refractivity contribution in [1.82, 2.24) is 0 Å². The minimum atomic E-state index is -0.365. The third-order valence-corrected chi connectivity index (χ3v) is 2.21. The first-order chi connectivity index (χ1) is 9.03. The van der Waals surface area contributed by atoms with Crippen LogP contribution in [0.2, 0.25) is 0 Å². The quantitative estimate of drug-likeness (QED) is 0.411. The van der Waals surface area contributed by atoms with E-state index in [-0.39, 0.29) is 28.3 Å². The third kappa shape index (κ3) is 3.03. The maximum atomic E-state index is 9.32. The van der Waals surface area contributed by atoms with Gasteiger partial charge in [0.05, 0.1) is 11.3 Å². The van der Waals surface area contributed by atoms with Crippen molar-refractivity contribution in [3.63, 3.8) is 0 Å². The van der Waals surface area contributed by atoms with Gasteiger partial charge in [-0.2, -0.15) is 15.8 Å². The molecule has 19 heavy (non-hydrogen) atoms. The molecule has 0 aliphatic heterocycles. The van der Waals surface area contributed by atoms with Gasteiger partial charge in [-0.15, -0.1) is 0 Å². The molecule has 0 spiro atoms. The molecule has 0 fully saturated rings. The van der Waals surface area contributed by atoms with Gasteiger partial charge in [0.1, 0.15) is 18.2 Å². The van der Waals surface area contributed by atoms with E-state index in [1.54, 1.807) is 18.2 Å². The molecule has 1 rings (SSSR count). The molecule has 0 saturated carbocycles. The summed E-state index contributed by atoms with van der Waals surface area (Å²) in [5.74, 6) is -0.650. The van der Waals surface area contributed by atoms with Crippen LogP contribution in [-0.4, -0.2) is 10.2 Å². The SMILES string of the molecule is N#CC(C#N)=C(N)/C(C#N)=C\c1ccc(O)c(O)c1. The lowest BCUT2D eigenvalue weighted by molar-refractivity contribution is 0.403. The molecule has 6 nitrogen and oxygen atoms in total. The van der Waals surface area contributed by atoms with Crippen molar-refractivity contribution in [1.29, 1.82) is 15.8 Å². The minimum Gasteiger partial charge on any atom is -0.504 e. The van der Waals surface area contributed by atoms with Gasteiger partial charge in [0.15, 0.2) is 17.1 Å². The van der Waals surface area contributed by atoms with E-state index in [9.17, 15) is 5.11 Å². The largest absolute Gasteiger partial charge is 0.504 e. The number of nitriles is 3. The van der Waals surface area contributed by atoms with Crippen molar-refractivity contribution in [3.8, 4) is 29.7 Å². The molecular weight excluding hydrogens is 244 g/mol. The average Bonchev–Trinajstić information content (AvgIpc) is 2.41. The van der Waals surface area contributed by atoms with Gasteiger partial charge in [-0.3, -0.25) is 0 Å². The Balaban J connectivity index is 3.33.